The maximum Gasteiger partial charge on any atom is 0.254 e. The van der Waals surface area contributed by atoms with E-state index in [0.29, 0.717) is 43.2 Å². The van der Waals surface area contributed by atoms with Gasteiger partial charge in [-0.05, 0) is 30.0 Å². The highest BCUT2D eigenvalue weighted by Crippen LogP contribution is 2.32. The van der Waals surface area contributed by atoms with Crippen molar-refractivity contribution in [3.8, 4) is 0 Å². The van der Waals surface area contributed by atoms with E-state index >= 15 is 0 Å². The third-order valence-electron chi connectivity index (χ3n) is 4.20. The standard InChI is InChI=1S/C16H18N2O3/c19-14-6-5-13(9-14)11-1-3-12(4-2-11)16(21)18-8-7-17-15(20)10-18/h1-4,13H,5-10H2,(H,17,20)/t13-/m1/s1. The summed E-state index contributed by atoms with van der Waals surface area (Å²) in [6.45, 7) is 1.17. The average molecular weight is 286 g/mol. The van der Waals surface area contributed by atoms with Crippen molar-refractivity contribution in [2.75, 3.05) is 19.6 Å². The van der Waals surface area contributed by atoms with Gasteiger partial charge >= 0.3 is 0 Å². The molecule has 1 heterocycles. The van der Waals surface area contributed by atoms with E-state index in [2.05, 4.69) is 5.32 Å². The van der Waals surface area contributed by atoms with Crippen molar-refractivity contribution in [2.24, 2.45) is 0 Å². The smallest absolute Gasteiger partial charge is 0.254 e. The summed E-state index contributed by atoms with van der Waals surface area (Å²) in [5.74, 6) is 0.386. The van der Waals surface area contributed by atoms with Crippen molar-refractivity contribution in [3.05, 3.63) is 35.4 Å². The van der Waals surface area contributed by atoms with Crippen LogP contribution in [0.3, 0.4) is 0 Å². The minimum absolute atomic E-state index is 0.112. The quantitative estimate of drug-likeness (QED) is 0.885. The van der Waals surface area contributed by atoms with Crippen molar-refractivity contribution in [2.45, 2.75) is 25.2 Å². The molecule has 0 bridgehead atoms. The van der Waals surface area contributed by atoms with Gasteiger partial charge in [-0.1, -0.05) is 12.1 Å². The van der Waals surface area contributed by atoms with Gasteiger partial charge in [0.05, 0.1) is 6.54 Å². The number of carbonyl (C=O) groups excluding carboxylic acids is 3. The largest absolute Gasteiger partial charge is 0.353 e. The summed E-state index contributed by atoms with van der Waals surface area (Å²) in [4.78, 5) is 36.6. The molecule has 1 aromatic rings. The van der Waals surface area contributed by atoms with E-state index in [1.807, 2.05) is 12.1 Å². The van der Waals surface area contributed by atoms with Crippen LogP contribution in [0.25, 0.3) is 0 Å². The number of benzene rings is 1. The summed E-state index contributed by atoms with van der Waals surface area (Å²) in [5.41, 5.74) is 1.71. The summed E-state index contributed by atoms with van der Waals surface area (Å²) in [7, 11) is 0. The van der Waals surface area contributed by atoms with Gasteiger partial charge in [-0.3, -0.25) is 14.4 Å². The van der Waals surface area contributed by atoms with Gasteiger partial charge in [-0.25, -0.2) is 0 Å². The first-order valence-electron chi connectivity index (χ1n) is 7.31. The predicted molar refractivity (Wildman–Crippen MR) is 77.0 cm³/mol. The highest BCUT2D eigenvalue weighted by atomic mass is 16.2. The first-order valence-corrected chi connectivity index (χ1v) is 7.31. The lowest BCUT2D eigenvalue weighted by Crippen LogP contribution is -2.49. The fourth-order valence-electron chi connectivity index (χ4n) is 2.99. The Morgan fingerprint density at radius 2 is 1.95 bits per heavy atom. The normalized spacial score (nSPS) is 22.3. The molecule has 0 spiro atoms. The first-order chi connectivity index (χ1) is 10.1. The maximum atomic E-state index is 12.3. The average Bonchev–Trinajstić information content (AvgIpc) is 2.93. The van der Waals surface area contributed by atoms with Gasteiger partial charge in [-0.2, -0.15) is 0 Å². The number of nitrogens with zero attached hydrogens (tertiary/aromatic N) is 1. The van der Waals surface area contributed by atoms with Gasteiger partial charge in [0, 0.05) is 31.5 Å². The van der Waals surface area contributed by atoms with E-state index < -0.39 is 0 Å². The highest BCUT2D eigenvalue weighted by Gasteiger charge is 2.25. The molecule has 5 heteroatoms. The Bertz CT molecular complexity index is 580. The number of ketones is 1. The van der Waals surface area contributed by atoms with Crippen LogP contribution in [0.2, 0.25) is 0 Å². The molecule has 1 aromatic carbocycles. The van der Waals surface area contributed by atoms with Gasteiger partial charge in [0.1, 0.15) is 5.78 Å². The minimum Gasteiger partial charge on any atom is -0.353 e. The van der Waals surface area contributed by atoms with Gasteiger partial charge in [0.15, 0.2) is 0 Å². The molecule has 1 aliphatic heterocycles. The molecule has 1 N–H and O–H groups in total. The van der Waals surface area contributed by atoms with Crippen molar-refractivity contribution in [1.29, 1.82) is 0 Å². The lowest BCUT2D eigenvalue weighted by atomic mass is 9.96. The lowest BCUT2D eigenvalue weighted by Gasteiger charge is -2.26. The molecule has 2 aliphatic rings. The molecule has 2 fully saturated rings. The van der Waals surface area contributed by atoms with E-state index in [0.717, 1.165) is 12.0 Å². The van der Waals surface area contributed by atoms with Crippen LogP contribution in [-0.4, -0.2) is 42.1 Å². The van der Waals surface area contributed by atoms with Crippen molar-refractivity contribution in [3.63, 3.8) is 0 Å². The van der Waals surface area contributed by atoms with Crippen LogP contribution in [0.4, 0.5) is 0 Å². The Balaban J connectivity index is 1.70. The highest BCUT2D eigenvalue weighted by molar-refractivity contribution is 5.97. The predicted octanol–water partition coefficient (Wildman–Crippen LogP) is 1.10. The zero-order chi connectivity index (χ0) is 14.8. The number of carbonyl (C=O) groups is 3. The van der Waals surface area contributed by atoms with Crippen molar-refractivity contribution in [1.82, 2.24) is 10.2 Å². The molecular weight excluding hydrogens is 268 g/mol. The molecule has 1 atom stereocenters. The van der Waals surface area contributed by atoms with Gasteiger partial charge in [-0.15, -0.1) is 0 Å². The van der Waals surface area contributed by atoms with Crippen LogP contribution in [-0.2, 0) is 9.59 Å². The Hall–Kier alpha value is -2.17. The Kier molecular flexibility index (Phi) is 3.73. The molecule has 21 heavy (non-hydrogen) atoms. The van der Waals surface area contributed by atoms with Crippen LogP contribution < -0.4 is 5.32 Å². The van der Waals surface area contributed by atoms with E-state index in [-0.39, 0.29) is 18.4 Å². The Morgan fingerprint density at radius 1 is 1.19 bits per heavy atom. The number of amides is 2. The van der Waals surface area contributed by atoms with E-state index in [1.54, 1.807) is 17.0 Å². The van der Waals surface area contributed by atoms with Crippen molar-refractivity contribution < 1.29 is 14.4 Å². The second-order valence-corrected chi connectivity index (χ2v) is 5.68. The molecule has 5 nitrogen and oxygen atoms in total. The number of hydrogen-bond acceptors (Lipinski definition) is 3. The summed E-state index contributed by atoms with van der Waals surface area (Å²) in [5, 5.41) is 2.70. The molecule has 1 saturated carbocycles. The number of piperazine rings is 1. The number of Topliss-reactive ketones (excluding diaryl/α,β-unsaturated/α-hetero) is 1. The van der Waals surface area contributed by atoms with Gasteiger partial charge < -0.3 is 10.2 Å². The van der Waals surface area contributed by atoms with E-state index in [1.165, 1.54) is 0 Å². The fraction of sp³-hybridized carbons (Fsp3) is 0.438. The second kappa shape index (κ2) is 5.68. The van der Waals surface area contributed by atoms with Crippen LogP contribution in [0.15, 0.2) is 24.3 Å². The van der Waals surface area contributed by atoms with Gasteiger partial charge in [0.25, 0.3) is 5.91 Å². The summed E-state index contributed by atoms with van der Waals surface area (Å²) in [6, 6.07) is 7.46. The lowest BCUT2D eigenvalue weighted by molar-refractivity contribution is -0.123. The third kappa shape index (κ3) is 2.96. The third-order valence-corrected chi connectivity index (χ3v) is 4.20. The number of rotatable bonds is 2. The molecule has 1 saturated heterocycles. The molecule has 0 aromatic heterocycles. The van der Waals surface area contributed by atoms with Crippen molar-refractivity contribution >= 4 is 17.6 Å². The zero-order valence-corrected chi connectivity index (χ0v) is 11.8. The number of hydrogen-bond donors (Lipinski definition) is 1. The maximum absolute atomic E-state index is 12.3. The first kappa shape index (κ1) is 13.8. The molecule has 3 rings (SSSR count). The van der Waals surface area contributed by atoms with Crippen LogP contribution in [0, 0.1) is 0 Å². The number of nitrogens with one attached hydrogen (secondary N) is 1. The zero-order valence-electron chi connectivity index (χ0n) is 11.8. The van der Waals surface area contributed by atoms with Crippen LogP contribution in [0.1, 0.15) is 41.1 Å². The fourth-order valence-corrected chi connectivity index (χ4v) is 2.99. The molecule has 1 aliphatic carbocycles. The summed E-state index contributed by atoms with van der Waals surface area (Å²) >= 11 is 0. The molecule has 0 unspecified atom stereocenters. The molecule has 0 radical (unpaired) electrons. The monoisotopic (exact) mass is 286 g/mol. The van der Waals surface area contributed by atoms with Gasteiger partial charge in [0.2, 0.25) is 5.91 Å². The van der Waals surface area contributed by atoms with E-state index in [4.69, 9.17) is 0 Å². The molecular formula is C16H18N2O3. The molecule has 2 amide bonds. The topological polar surface area (TPSA) is 66.5 Å². The minimum atomic E-state index is -0.115. The van der Waals surface area contributed by atoms with E-state index in [9.17, 15) is 14.4 Å². The molecule has 110 valence electrons. The Morgan fingerprint density at radius 3 is 2.57 bits per heavy atom. The summed E-state index contributed by atoms with van der Waals surface area (Å²) < 4.78 is 0. The van der Waals surface area contributed by atoms with Crippen LogP contribution >= 0.6 is 0 Å². The Labute approximate surface area is 123 Å². The second-order valence-electron chi connectivity index (χ2n) is 5.68. The summed E-state index contributed by atoms with van der Waals surface area (Å²) in [6.07, 6.45) is 2.17. The SMILES string of the molecule is O=C1CC[C@@H](c2ccc(C(=O)N3CCNC(=O)C3)cc2)C1. The van der Waals surface area contributed by atoms with Crippen LogP contribution in [0.5, 0.6) is 0 Å².